The van der Waals surface area contributed by atoms with Crippen LogP contribution in [0.4, 0.5) is 5.69 Å². The number of amides is 1. The van der Waals surface area contributed by atoms with E-state index in [0.717, 1.165) is 0 Å². The number of esters is 1. The standard InChI is InChI=1S/C18H19NO4/c1-18(2)9-13(20)16-12(8-15(21)23-14(16)10-18)17(22)19-11-6-4-3-5-7-11/h3-7,12H,8-10H2,1-2H3,(H,19,22)/t12-/m0/s1. The van der Waals surface area contributed by atoms with Crippen molar-refractivity contribution >= 4 is 23.3 Å². The van der Waals surface area contributed by atoms with Crippen LogP contribution in [0.2, 0.25) is 0 Å². The molecule has 0 spiro atoms. The number of para-hydroxylation sites is 1. The normalized spacial score (nSPS) is 23.1. The fraction of sp³-hybridized carbons (Fsp3) is 0.389. The molecule has 120 valence electrons. The van der Waals surface area contributed by atoms with E-state index in [2.05, 4.69) is 5.32 Å². The van der Waals surface area contributed by atoms with Crippen LogP contribution in [0.15, 0.2) is 41.7 Å². The monoisotopic (exact) mass is 313 g/mol. The summed E-state index contributed by atoms with van der Waals surface area (Å²) in [5, 5.41) is 2.77. The second kappa shape index (κ2) is 5.65. The lowest BCUT2D eigenvalue weighted by Crippen LogP contribution is -2.39. The molecule has 2 aliphatic rings. The van der Waals surface area contributed by atoms with E-state index in [1.807, 2.05) is 32.0 Å². The molecule has 0 aromatic heterocycles. The number of allylic oxidation sites excluding steroid dienone is 1. The third-order valence-electron chi connectivity index (χ3n) is 4.19. The number of ketones is 1. The molecule has 5 heteroatoms. The number of Topliss-reactive ketones (excluding diaryl/α,β-unsaturated/α-hetero) is 1. The molecule has 1 aromatic carbocycles. The fourth-order valence-corrected chi connectivity index (χ4v) is 3.18. The summed E-state index contributed by atoms with van der Waals surface area (Å²) < 4.78 is 5.27. The van der Waals surface area contributed by atoms with Gasteiger partial charge in [0.1, 0.15) is 5.76 Å². The zero-order valence-corrected chi connectivity index (χ0v) is 13.2. The van der Waals surface area contributed by atoms with Gasteiger partial charge in [-0.05, 0) is 17.5 Å². The summed E-state index contributed by atoms with van der Waals surface area (Å²) >= 11 is 0. The molecule has 0 saturated carbocycles. The lowest BCUT2D eigenvalue weighted by Gasteiger charge is -2.36. The molecule has 0 fully saturated rings. The number of rotatable bonds is 2. The Bertz CT molecular complexity index is 703. The van der Waals surface area contributed by atoms with Crippen molar-refractivity contribution in [3.63, 3.8) is 0 Å². The van der Waals surface area contributed by atoms with Crippen molar-refractivity contribution in [1.29, 1.82) is 0 Å². The molecular formula is C18H19NO4. The number of nitrogens with one attached hydrogen (secondary N) is 1. The van der Waals surface area contributed by atoms with Gasteiger partial charge in [0.2, 0.25) is 5.91 Å². The van der Waals surface area contributed by atoms with Gasteiger partial charge in [0.25, 0.3) is 0 Å². The summed E-state index contributed by atoms with van der Waals surface area (Å²) in [4.78, 5) is 36.9. The van der Waals surface area contributed by atoms with E-state index in [1.54, 1.807) is 12.1 Å². The Morgan fingerprint density at radius 1 is 1.17 bits per heavy atom. The minimum Gasteiger partial charge on any atom is -0.431 e. The quantitative estimate of drug-likeness (QED) is 0.852. The maximum Gasteiger partial charge on any atom is 0.312 e. The van der Waals surface area contributed by atoms with Crippen molar-refractivity contribution in [3.8, 4) is 0 Å². The predicted octanol–water partition coefficient (Wildman–Crippen LogP) is 2.83. The van der Waals surface area contributed by atoms with Crippen LogP contribution in [0.1, 0.15) is 33.1 Å². The first kappa shape index (κ1) is 15.5. The molecule has 3 rings (SSSR count). The summed E-state index contributed by atoms with van der Waals surface area (Å²) in [6, 6.07) is 8.99. The van der Waals surface area contributed by atoms with Crippen LogP contribution in [-0.4, -0.2) is 17.7 Å². The number of hydrogen-bond acceptors (Lipinski definition) is 4. The Hall–Kier alpha value is -2.43. The van der Waals surface area contributed by atoms with E-state index >= 15 is 0 Å². The lowest BCUT2D eigenvalue weighted by molar-refractivity contribution is -0.146. The molecular weight excluding hydrogens is 294 g/mol. The average Bonchev–Trinajstić information content (AvgIpc) is 2.45. The van der Waals surface area contributed by atoms with Crippen LogP contribution in [0.3, 0.4) is 0 Å². The van der Waals surface area contributed by atoms with E-state index in [-0.39, 0.29) is 23.5 Å². The van der Waals surface area contributed by atoms with Gasteiger partial charge in [-0.3, -0.25) is 14.4 Å². The molecule has 1 N–H and O–H groups in total. The number of ether oxygens (including phenoxy) is 1. The lowest BCUT2D eigenvalue weighted by atomic mass is 9.72. The van der Waals surface area contributed by atoms with Crippen LogP contribution in [0.5, 0.6) is 0 Å². The third-order valence-corrected chi connectivity index (χ3v) is 4.19. The van der Waals surface area contributed by atoms with Crippen LogP contribution in [-0.2, 0) is 19.1 Å². The molecule has 1 aromatic rings. The van der Waals surface area contributed by atoms with Gasteiger partial charge in [-0.25, -0.2) is 0 Å². The summed E-state index contributed by atoms with van der Waals surface area (Å²) in [5.74, 6) is -1.29. The Balaban J connectivity index is 1.90. The first-order chi connectivity index (χ1) is 10.9. The van der Waals surface area contributed by atoms with E-state index in [1.165, 1.54) is 0 Å². The minimum absolute atomic E-state index is 0.0936. The van der Waals surface area contributed by atoms with Crippen LogP contribution < -0.4 is 5.32 Å². The molecule has 23 heavy (non-hydrogen) atoms. The highest BCUT2D eigenvalue weighted by Crippen LogP contribution is 2.42. The average molecular weight is 313 g/mol. The maximum atomic E-state index is 12.6. The first-order valence-electron chi connectivity index (χ1n) is 7.68. The third kappa shape index (κ3) is 3.18. The molecule has 0 saturated heterocycles. The van der Waals surface area contributed by atoms with Crippen molar-refractivity contribution in [3.05, 3.63) is 41.7 Å². The summed E-state index contributed by atoms with van der Waals surface area (Å²) in [7, 11) is 0. The highest BCUT2D eigenvalue weighted by Gasteiger charge is 2.44. The van der Waals surface area contributed by atoms with Gasteiger partial charge in [0.15, 0.2) is 5.78 Å². The minimum atomic E-state index is -0.768. The smallest absolute Gasteiger partial charge is 0.312 e. The SMILES string of the molecule is CC1(C)CC(=O)C2=C(C1)OC(=O)C[C@@H]2C(=O)Nc1ccccc1. The first-order valence-corrected chi connectivity index (χ1v) is 7.68. The molecule has 1 heterocycles. The predicted molar refractivity (Wildman–Crippen MR) is 84.3 cm³/mol. The van der Waals surface area contributed by atoms with E-state index in [9.17, 15) is 14.4 Å². The summed E-state index contributed by atoms with van der Waals surface area (Å²) in [6.07, 6.45) is 0.761. The molecule has 1 aliphatic carbocycles. The van der Waals surface area contributed by atoms with Gasteiger partial charge >= 0.3 is 5.97 Å². The van der Waals surface area contributed by atoms with Crippen LogP contribution in [0.25, 0.3) is 0 Å². The van der Waals surface area contributed by atoms with Crippen LogP contribution in [0, 0.1) is 11.3 Å². The number of hydrogen-bond donors (Lipinski definition) is 1. The van der Waals surface area contributed by atoms with Gasteiger partial charge in [0, 0.05) is 24.1 Å². The number of benzene rings is 1. The highest BCUT2D eigenvalue weighted by molar-refractivity contribution is 6.08. The second-order valence-corrected chi connectivity index (χ2v) is 6.86. The van der Waals surface area contributed by atoms with E-state index < -0.39 is 11.9 Å². The summed E-state index contributed by atoms with van der Waals surface area (Å²) in [6.45, 7) is 3.91. The molecule has 1 aliphatic heterocycles. The van der Waals surface area contributed by atoms with E-state index in [0.29, 0.717) is 29.9 Å². The van der Waals surface area contributed by atoms with Gasteiger partial charge < -0.3 is 10.1 Å². The van der Waals surface area contributed by atoms with Gasteiger partial charge in [-0.1, -0.05) is 32.0 Å². The zero-order chi connectivity index (χ0) is 16.6. The topological polar surface area (TPSA) is 72.5 Å². The Labute approximate surface area is 134 Å². The fourth-order valence-electron chi connectivity index (χ4n) is 3.18. The largest absolute Gasteiger partial charge is 0.431 e. The molecule has 0 unspecified atom stereocenters. The number of carbonyl (C=O) groups excluding carboxylic acids is 3. The van der Waals surface area contributed by atoms with Crippen molar-refractivity contribution in [1.82, 2.24) is 0 Å². The number of carbonyl (C=O) groups is 3. The Morgan fingerprint density at radius 2 is 1.87 bits per heavy atom. The molecule has 0 bridgehead atoms. The zero-order valence-electron chi connectivity index (χ0n) is 13.2. The Morgan fingerprint density at radius 3 is 2.57 bits per heavy atom. The molecule has 1 atom stereocenters. The van der Waals surface area contributed by atoms with Crippen molar-refractivity contribution < 1.29 is 19.1 Å². The van der Waals surface area contributed by atoms with Gasteiger partial charge in [0.05, 0.1) is 12.3 Å². The molecule has 1 amide bonds. The van der Waals surface area contributed by atoms with Gasteiger partial charge in [-0.2, -0.15) is 0 Å². The maximum absolute atomic E-state index is 12.6. The summed E-state index contributed by atoms with van der Waals surface area (Å²) in [5.41, 5.74) is 0.757. The molecule has 5 nitrogen and oxygen atoms in total. The number of anilines is 1. The highest BCUT2D eigenvalue weighted by atomic mass is 16.5. The Kier molecular flexibility index (Phi) is 3.80. The van der Waals surface area contributed by atoms with Crippen molar-refractivity contribution in [2.75, 3.05) is 5.32 Å². The van der Waals surface area contributed by atoms with Gasteiger partial charge in [-0.15, -0.1) is 0 Å². The van der Waals surface area contributed by atoms with E-state index in [4.69, 9.17) is 4.74 Å². The second-order valence-electron chi connectivity index (χ2n) is 6.86. The van der Waals surface area contributed by atoms with Crippen molar-refractivity contribution in [2.45, 2.75) is 33.1 Å². The van der Waals surface area contributed by atoms with Crippen molar-refractivity contribution in [2.24, 2.45) is 11.3 Å². The molecule has 0 radical (unpaired) electrons. The van der Waals surface area contributed by atoms with Crippen LogP contribution >= 0.6 is 0 Å².